The van der Waals surface area contributed by atoms with E-state index in [0.717, 1.165) is 24.2 Å². The van der Waals surface area contributed by atoms with Gasteiger partial charge in [-0.3, -0.25) is 0 Å². The molecule has 2 saturated carbocycles. The van der Waals surface area contributed by atoms with Gasteiger partial charge in [0.25, 0.3) is 0 Å². The van der Waals surface area contributed by atoms with E-state index in [1.54, 1.807) is 0 Å². The molecule has 0 aromatic heterocycles. The van der Waals surface area contributed by atoms with Crippen molar-refractivity contribution in [3.8, 4) is 11.5 Å². The van der Waals surface area contributed by atoms with E-state index in [1.807, 2.05) is 7.11 Å². The zero-order valence-corrected chi connectivity index (χ0v) is 29.4. The number of allylic oxidation sites excluding steroid dienone is 1. The maximum absolute atomic E-state index is 11.2. The zero-order chi connectivity index (χ0) is 32.0. The molecule has 0 spiro atoms. The molecule has 4 aliphatic rings. The number of methoxy groups -OCH3 is 1. The molecule has 0 bridgehead atoms. The summed E-state index contributed by atoms with van der Waals surface area (Å²) in [6, 6.07) is 9.21. The minimum Gasteiger partial charge on any atom is -0.508 e. The van der Waals surface area contributed by atoms with Gasteiger partial charge >= 0.3 is 0 Å². The van der Waals surface area contributed by atoms with Crippen molar-refractivity contribution < 1.29 is 14.6 Å². The average Bonchev–Trinajstić information content (AvgIpc) is 2.92. The topological polar surface area (TPSA) is 38.7 Å². The highest BCUT2D eigenvalue weighted by molar-refractivity contribution is 5.65. The monoisotopic (exact) mass is 598 g/mol. The van der Waals surface area contributed by atoms with Crippen molar-refractivity contribution in [2.45, 2.75) is 143 Å². The van der Waals surface area contributed by atoms with E-state index in [4.69, 9.17) is 9.47 Å². The van der Waals surface area contributed by atoms with Crippen molar-refractivity contribution >= 4 is 6.08 Å². The highest BCUT2D eigenvalue weighted by Crippen LogP contribution is 2.62. The predicted octanol–water partition coefficient (Wildman–Crippen LogP) is 11.0. The van der Waals surface area contributed by atoms with Crippen molar-refractivity contribution in [2.75, 3.05) is 7.11 Å². The van der Waals surface area contributed by atoms with Crippen LogP contribution in [0.1, 0.15) is 159 Å². The molecule has 0 saturated heterocycles. The SMILES string of the molecule is CO[C@H]1c2cc(C(C)C)c(O)cc2[C@@]2(C)CCCC(C)(C)[C@@H]2[C@@H]1Oc1cc2c(cc1C(C)C)C=C[C@H]1C(C)(C)CCC[C@@]21C. The first-order valence-corrected chi connectivity index (χ1v) is 17.5. The molecule has 0 amide bonds. The first kappa shape index (κ1) is 31.7. The average molecular weight is 599 g/mol. The maximum atomic E-state index is 11.2. The van der Waals surface area contributed by atoms with Crippen LogP contribution in [-0.2, 0) is 15.6 Å². The lowest BCUT2D eigenvalue weighted by molar-refractivity contribution is -0.113. The Morgan fingerprint density at radius 1 is 0.750 bits per heavy atom. The highest BCUT2D eigenvalue weighted by Gasteiger charge is 2.59. The van der Waals surface area contributed by atoms with Crippen molar-refractivity contribution in [1.29, 1.82) is 0 Å². The minimum atomic E-state index is -0.216. The molecule has 1 N–H and O–H groups in total. The van der Waals surface area contributed by atoms with Crippen LogP contribution in [0.2, 0.25) is 0 Å². The normalized spacial score (nSPS) is 33.4. The minimum absolute atomic E-state index is 0.0535. The number of hydrogen-bond donors (Lipinski definition) is 1. The Labute approximate surface area is 267 Å². The van der Waals surface area contributed by atoms with Crippen LogP contribution in [0.25, 0.3) is 6.08 Å². The molecular weight excluding hydrogens is 540 g/mol. The second-order valence-corrected chi connectivity index (χ2v) is 17.4. The third-order valence-electron chi connectivity index (χ3n) is 12.9. The zero-order valence-electron chi connectivity index (χ0n) is 29.4. The Bertz CT molecular complexity index is 1460. The summed E-state index contributed by atoms with van der Waals surface area (Å²) >= 11 is 0. The van der Waals surface area contributed by atoms with Gasteiger partial charge in [0.05, 0.1) is 0 Å². The van der Waals surface area contributed by atoms with Gasteiger partial charge in [-0.1, -0.05) is 94.2 Å². The molecule has 3 heteroatoms. The largest absolute Gasteiger partial charge is 0.508 e. The summed E-state index contributed by atoms with van der Waals surface area (Å²) in [6.45, 7) is 23.6. The summed E-state index contributed by atoms with van der Waals surface area (Å²) < 4.78 is 14.0. The lowest BCUT2D eigenvalue weighted by Gasteiger charge is -2.58. The fraction of sp³-hybridized carbons (Fsp3) is 0.659. The fourth-order valence-corrected chi connectivity index (χ4v) is 10.8. The van der Waals surface area contributed by atoms with Gasteiger partial charge in [0.2, 0.25) is 0 Å². The van der Waals surface area contributed by atoms with Gasteiger partial charge in [-0.15, -0.1) is 0 Å². The van der Waals surface area contributed by atoms with Gasteiger partial charge in [0.1, 0.15) is 23.7 Å². The van der Waals surface area contributed by atoms with Crippen molar-refractivity contribution in [3.63, 3.8) is 0 Å². The molecule has 0 heterocycles. The van der Waals surface area contributed by atoms with Crippen LogP contribution in [-0.4, -0.2) is 18.3 Å². The molecule has 6 rings (SSSR count). The van der Waals surface area contributed by atoms with Gasteiger partial charge in [0, 0.05) is 13.0 Å². The summed E-state index contributed by atoms with van der Waals surface area (Å²) in [5, 5.41) is 11.2. The fourth-order valence-electron chi connectivity index (χ4n) is 10.8. The summed E-state index contributed by atoms with van der Waals surface area (Å²) in [7, 11) is 1.85. The van der Waals surface area contributed by atoms with Crippen molar-refractivity contribution in [3.05, 3.63) is 63.7 Å². The molecule has 4 aliphatic carbocycles. The quantitative estimate of drug-likeness (QED) is 0.372. The van der Waals surface area contributed by atoms with Gasteiger partial charge in [-0.2, -0.15) is 0 Å². The summed E-state index contributed by atoms with van der Waals surface area (Å²) in [5.41, 5.74) is 7.87. The number of phenolic OH excluding ortho intramolecular Hbond substituents is 1. The van der Waals surface area contributed by atoms with Crippen molar-refractivity contribution in [1.82, 2.24) is 0 Å². The molecule has 44 heavy (non-hydrogen) atoms. The molecule has 6 atom stereocenters. The van der Waals surface area contributed by atoms with E-state index in [0.29, 0.717) is 17.6 Å². The first-order valence-electron chi connectivity index (χ1n) is 17.5. The van der Waals surface area contributed by atoms with Crippen LogP contribution in [0, 0.1) is 22.7 Å². The molecule has 3 nitrogen and oxygen atoms in total. The Hall–Kier alpha value is -2.26. The molecule has 0 unspecified atom stereocenters. The third kappa shape index (κ3) is 4.69. The van der Waals surface area contributed by atoms with E-state index in [-0.39, 0.29) is 45.7 Å². The van der Waals surface area contributed by atoms with Crippen LogP contribution < -0.4 is 4.74 Å². The molecule has 2 aromatic rings. The Kier molecular flexibility index (Phi) is 7.67. The predicted molar refractivity (Wildman–Crippen MR) is 183 cm³/mol. The molecule has 0 aliphatic heterocycles. The number of phenols is 1. The van der Waals surface area contributed by atoms with Crippen molar-refractivity contribution in [2.24, 2.45) is 22.7 Å². The summed E-state index contributed by atoms with van der Waals surface area (Å²) in [6.07, 6.45) is 11.7. The standard InChI is InChI=1S/C41H58O3/c1-24(2)27-21-29-31(22-32(27)42)41(10)19-13-17-39(7,8)37(41)36(35(29)43-11)44-33-23-30-26(20-28(33)25(3)4)14-15-34-38(5,6)16-12-18-40(30,34)9/h14-15,20-25,34-37,42H,12-13,16-19H2,1-11H3/t34-,35-,36+,37-,40-,41+/m0/s1. The van der Waals surface area contributed by atoms with Gasteiger partial charge in [-0.05, 0) is 123 Å². The van der Waals surface area contributed by atoms with E-state index in [1.165, 1.54) is 53.5 Å². The molecule has 240 valence electrons. The molecule has 0 radical (unpaired) electrons. The highest BCUT2D eigenvalue weighted by atomic mass is 16.5. The molecule has 2 aromatic carbocycles. The van der Waals surface area contributed by atoms with Crippen LogP contribution in [0.5, 0.6) is 11.5 Å². The lowest BCUT2D eigenvalue weighted by atomic mass is 9.48. The first-order chi connectivity index (χ1) is 20.5. The van der Waals surface area contributed by atoms with Gasteiger partial charge in [0.15, 0.2) is 0 Å². The van der Waals surface area contributed by atoms with E-state index in [9.17, 15) is 5.11 Å². The molecular formula is C41H58O3. The summed E-state index contributed by atoms with van der Waals surface area (Å²) in [4.78, 5) is 0. The Morgan fingerprint density at radius 3 is 2.02 bits per heavy atom. The molecule has 2 fully saturated rings. The summed E-state index contributed by atoms with van der Waals surface area (Å²) in [5.74, 6) is 2.77. The Morgan fingerprint density at radius 2 is 1.39 bits per heavy atom. The lowest BCUT2D eigenvalue weighted by Crippen LogP contribution is -2.58. The van der Waals surface area contributed by atoms with Gasteiger partial charge < -0.3 is 14.6 Å². The maximum Gasteiger partial charge on any atom is 0.133 e. The second-order valence-electron chi connectivity index (χ2n) is 17.4. The number of ether oxygens (including phenoxy) is 2. The van der Waals surface area contributed by atoms with Crippen LogP contribution in [0.15, 0.2) is 30.3 Å². The number of aromatic hydroxyl groups is 1. The Balaban J connectivity index is 1.54. The third-order valence-corrected chi connectivity index (χ3v) is 12.9. The number of fused-ring (bicyclic) bond motifs is 6. The van der Waals surface area contributed by atoms with Crippen LogP contribution in [0.4, 0.5) is 0 Å². The van der Waals surface area contributed by atoms with E-state index >= 15 is 0 Å². The smallest absolute Gasteiger partial charge is 0.133 e. The number of benzene rings is 2. The number of rotatable bonds is 5. The number of hydrogen-bond acceptors (Lipinski definition) is 3. The van der Waals surface area contributed by atoms with E-state index < -0.39 is 0 Å². The second kappa shape index (κ2) is 10.6. The van der Waals surface area contributed by atoms with Gasteiger partial charge in [-0.25, -0.2) is 0 Å². The van der Waals surface area contributed by atoms with Crippen LogP contribution in [0.3, 0.4) is 0 Å². The van der Waals surface area contributed by atoms with E-state index in [2.05, 4.69) is 106 Å². The van der Waals surface area contributed by atoms with Crippen LogP contribution >= 0.6 is 0 Å².